The van der Waals surface area contributed by atoms with Crippen LogP contribution in [0.5, 0.6) is 0 Å². The van der Waals surface area contributed by atoms with E-state index in [9.17, 15) is 9.59 Å². The number of amides is 1. The fraction of sp³-hybridized carbons (Fsp3) is 0.0667. The molecule has 0 aromatic heterocycles. The molecule has 1 aliphatic rings. The van der Waals surface area contributed by atoms with E-state index in [1.54, 1.807) is 6.07 Å². The molecule has 1 atom stereocenters. The van der Waals surface area contributed by atoms with Crippen molar-refractivity contribution in [1.29, 1.82) is 0 Å². The Morgan fingerprint density at radius 3 is 2.37 bits per heavy atom. The second-order valence-corrected chi connectivity index (χ2v) is 5.37. The van der Waals surface area contributed by atoms with Crippen molar-refractivity contribution in [3.05, 3.63) is 60.2 Å². The zero-order valence-corrected chi connectivity index (χ0v) is 10.8. The molecule has 0 radical (unpaired) electrons. The first kappa shape index (κ1) is 12.0. The van der Waals surface area contributed by atoms with Crippen LogP contribution >= 0.6 is 11.8 Å². The average molecular weight is 269 g/mol. The summed E-state index contributed by atoms with van der Waals surface area (Å²) in [7, 11) is 0. The third kappa shape index (κ3) is 2.27. The molecule has 1 amide bonds. The predicted octanol–water partition coefficient (Wildman–Crippen LogP) is 3.04. The molecule has 1 heterocycles. The zero-order valence-electron chi connectivity index (χ0n) is 10.00. The second kappa shape index (κ2) is 4.90. The summed E-state index contributed by atoms with van der Waals surface area (Å²) in [6.45, 7) is 0. The van der Waals surface area contributed by atoms with Crippen LogP contribution in [0.3, 0.4) is 0 Å². The van der Waals surface area contributed by atoms with Gasteiger partial charge in [-0.3, -0.25) is 9.59 Å². The Hall–Kier alpha value is -2.07. The lowest BCUT2D eigenvalue weighted by Gasteiger charge is -2.11. The van der Waals surface area contributed by atoms with E-state index in [4.69, 9.17) is 0 Å². The third-order valence-corrected chi connectivity index (χ3v) is 4.28. The number of thioether (sulfide) groups is 1. The topological polar surface area (TPSA) is 46.2 Å². The van der Waals surface area contributed by atoms with Gasteiger partial charge in [-0.25, -0.2) is 0 Å². The molecule has 3 rings (SSSR count). The number of ketones is 1. The minimum absolute atomic E-state index is 0.410. The highest BCUT2D eigenvalue weighted by molar-refractivity contribution is 8.00. The van der Waals surface area contributed by atoms with E-state index in [0.717, 1.165) is 10.5 Å². The number of fused-ring (bicyclic) bond motifs is 1. The largest absolute Gasteiger partial charge is 0.318 e. The Labute approximate surface area is 115 Å². The highest BCUT2D eigenvalue weighted by atomic mass is 32.2. The standard InChI is InChI=1S/C15H11NO2S/c17-13-14(10-6-2-1-3-7-10)19-12-9-5-4-8-11(12)16-15(13)18/h1-9,14H,(H,16,18). The van der Waals surface area contributed by atoms with Crippen molar-refractivity contribution >= 4 is 29.1 Å². The third-order valence-electron chi connectivity index (χ3n) is 2.94. The molecule has 0 saturated heterocycles. The van der Waals surface area contributed by atoms with E-state index in [1.165, 1.54) is 11.8 Å². The van der Waals surface area contributed by atoms with E-state index in [0.29, 0.717) is 5.69 Å². The summed E-state index contributed by atoms with van der Waals surface area (Å²) in [6.07, 6.45) is 0. The number of carbonyl (C=O) groups excluding carboxylic acids is 2. The van der Waals surface area contributed by atoms with Crippen LogP contribution in [-0.4, -0.2) is 11.7 Å². The molecule has 2 aromatic carbocycles. The molecule has 0 spiro atoms. The van der Waals surface area contributed by atoms with Gasteiger partial charge in [0.1, 0.15) is 5.25 Å². The fourth-order valence-electron chi connectivity index (χ4n) is 2.00. The van der Waals surface area contributed by atoms with Crippen LogP contribution in [0.4, 0.5) is 5.69 Å². The van der Waals surface area contributed by atoms with Crippen LogP contribution in [0.1, 0.15) is 10.8 Å². The normalized spacial score (nSPS) is 18.4. The van der Waals surface area contributed by atoms with Gasteiger partial charge in [0.2, 0.25) is 5.78 Å². The van der Waals surface area contributed by atoms with Crippen LogP contribution < -0.4 is 5.32 Å². The highest BCUT2D eigenvalue weighted by Gasteiger charge is 2.31. The number of hydrogen-bond acceptors (Lipinski definition) is 3. The molecule has 0 bridgehead atoms. The van der Waals surface area contributed by atoms with Crippen molar-refractivity contribution in [2.24, 2.45) is 0 Å². The van der Waals surface area contributed by atoms with Gasteiger partial charge in [-0.1, -0.05) is 42.5 Å². The van der Waals surface area contributed by atoms with E-state index < -0.39 is 16.9 Å². The van der Waals surface area contributed by atoms with Crippen molar-refractivity contribution in [1.82, 2.24) is 0 Å². The molecule has 0 fully saturated rings. The maximum atomic E-state index is 12.2. The molecule has 0 aliphatic carbocycles. The summed E-state index contributed by atoms with van der Waals surface area (Å²) in [4.78, 5) is 25.0. The maximum absolute atomic E-state index is 12.2. The molecule has 0 saturated carbocycles. The molecular weight excluding hydrogens is 258 g/mol. The Morgan fingerprint density at radius 1 is 0.895 bits per heavy atom. The molecular formula is C15H11NO2S. The first-order valence-electron chi connectivity index (χ1n) is 5.91. The molecule has 4 heteroatoms. The molecule has 1 N–H and O–H groups in total. The zero-order chi connectivity index (χ0) is 13.2. The summed E-state index contributed by atoms with van der Waals surface area (Å²) in [5.74, 6) is -0.960. The fourth-order valence-corrected chi connectivity index (χ4v) is 3.17. The second-order valence-electron chi connectivity index (χ2n) is 4.22. The summed E-state index contributed by atoms with van der Waals surface area (Å²) in [5, 5.41) is 2.18. The van der Waals surface area contributed by atoms with Crippen molar-refractivity contribution in [2.75, 3.05) is 5.32 Å². The lowest BCUT2D eigenvalue weighted by Crippen LogP contribution is -2.25. The van der Waals surface area contributed by atoms with E-state index in [-0.39, 0.29) is 0 Å². The van der Waals surface area contributed by atoms with Gasteiger partial charge in [-0.15, -0.1) is 11.8 Å². The molecule has 2 aromatic rings. The minimum Gasteiger partial charge on any atom is -0.318 e. The first-order valence-corrected chi connectivity index (χ1v) is 6.79. The summed E-state index contributed by atoms with van der Waals surface area (Å²) in [6, 6.07) is 16.8. The number of nitrogens with one attached hydrogen (secondary N) is 1. The van der Waals surface area contributed by atoms with Crippen molar-refractivity contribution in [3.63, 3.8) is 0 Å². The van der Waals surface area contributed by atoms with E-state index in [1.807, 2.05) is 48.5 Å². The average Bonchev–Trinajstić information content (AvgIpc) is 2.58. The Bertz CT molecular complexity index is 640. The van der Waals surface area contributed by atoms with Gasteiger partial charge >= 0.3 is 0 Å². The SMILES string of the molecule is O=C1Nc2ccccc2SC(c2ccccc2)C1=O. The van der Waals surface area contributed by atoms with Gasteiger partial charge in [0.05, 0.1) is 5.69 Å². The van der Waals surface area contributed by atoms with Crippen LogP contribution in [0.25, 0.3) is 0 Å². The molecule has 3 nitrogen and oxygen atoms in total. The van der Waals surface area contributed by atoms with Crippen LogP contribution in [0.15, 0.2) is 59.5 Å². The van der Waals surface area contributed by atoms with Gasteiger partial charge < -0.3 is 5.32 Å². The van der Waals surface area contributed by atoms with Gasteiger partial charge in [-0.2, -0.15) is 0 Å². The lowest BCUT2D eigenvalue weighted by atomic mass is 10.1. The quantitative estimate of drug-likeness (QED) is 0.809. The molecule has 1 unspecified atom stereocenters. The number of benzene rings is 2. The maximum Gasteiger partial charge on any atom is 0.293 e. The number of carbonyl (C=O) groups is 2. The van der Waals surface area contributed by atoms with Gasteiger partial charge in [-0.05, 0) is 17.7 Å². The predicted molar refractivity (Wildman–Crippen MR) is 75.1 cm³/mol. The highest BCUT2D eigenvalue weighted by Crippen LogP contribution is 2.41. The van der Waals surface area contributed by atoms with Crippen LogP contribution in [-0.2, 0) is 9.59 Å². The molecule has 19 heavy (non-hydrogen) atoms. The van der Waals surface area contributed by atoms with Gasteiger partial charge in [0.25, 0.3) is 5.91 Å². The number of rotatable bonds is 1. The van der Waals surface area contributed by atoms with Crippen molar-refractivity contribution < 1.29 is 9.59 Å². The van der Waals surface area contributed by atoms with Crippen LogP contribution in [0, 0.1) is 0 Å². The number of Topliss-reactive ketones (excluding diaryl/α,β-unsaturated/α-hetero) is 1. The monoisotopic (exact) mass is 269 g/mol. The summed E-state index contributed by atoms with van der Waals surface area (Å²) in [5.41, 5.74) is 1.55. The Balaban J connectivity index is 2.06. The van der Waals surface area contributed by atoms with E-state index in [2.05, 4.69) is 5.32 Å². The summed E-state index contributed by atoms with van der Waals surface area (Å²) < 4.78 is 0. The van der Waals surface area contributed by atoms with Gasteiger partial charge in [0, 0.05) is 4.90 Å². The van der Waals surface area contributed by atoms with Gasteiger partial charge in [0.15, 0.2) is 0 Å². The summed E-state index contributed by atoms with van der Waals surface area (Å²) >= 11 is 1.41. The molecule has 94 valence electrons. The Kier molecular flexibility index (Phi) is 3.09. The number of anilines is 1. The van der Waals surface area contributed by atoms with Crippen molar-refractivity contribution in [3.8, 4) is 0 Å². The van der Waals surface area contributed by atoms with E-state index >= 15 is 0 Å². The molecule has 1 aliphatic heterocycles. The minimum atomic E-state index is -0.550. The lowest BCUT2D eigenvalue weighted by molar-refractivity contribution is -0.134. The number of hydrogen-bond donors (Lipinski definition) is 1. The smallest absolute Gasteiger partial charge is 0.293 e. The van der Waals surface area contributed by atoms with Crippen molar-refractivity contribution in [2.45, 2.75) is 10.1 Å². The number of para-hydroxylation sites is 1. The first-order chi connectivity index (χ1) is 9.25. The van der Waals surface area contributed by atoms with Crippen LogP contribution in [0.2, 0.25) is 0 Å². The Morgan fingerprint density at radius 2 is 1.58 bits per heavy atom.